The summed E-state index contributed by atoms with van der Waals surface area (Å²) in [7, 11) is 0. The maximum Gasteiger partial charge on any atom is 0.227 e. The van der Waals surface area contributed by atoms with Gasteiger partial charge in [-0.1, -0.05) is 30.3 Å². The lowest BCUT2D eigenvalue weighted by Crippen LogP contribution is -2.32. The van der Waals surface area contributed by atoms with Crippen molar-refractivity contribution in [1.29, 1.82) is 0 Å². The number of hydrogen-bond donors (Lipinski definition) is 1. The molecule has 2 aromatic rings. The zero-order chi connectivity index (χ0) is 16.9. The van der Waals surface area contributed by atoms with Crippen LogP contribution in [0.5, 0.6) is 0 Å². The summed E-state index contributed by atoms with van der Waals surface area (Å²) in [6.45, 7) is 1.08. The molecule has 1 saturated heterocycles. The smallest absolute Gasteiger partial charge is 0.227 e. The first-order valence-corrected chi connectivity index (χ1v) is 7.98. The van der Waals surface area contributed by atoms with Crippen LogP contribution in [-0.2, 0) is 16.0 Å². The molecule has 24 heavy (non-hydrogen) atoms. The van der Waals surface area contributed by atoms with Crippen LogP contribution < -0.4 is 10.2 Å². The fraction of sp³-hybridized carbons (Fsp3) is 0.263. The van der Waals surface area contributed by atoms with Crippen molar-refractivity contribution < 1.29 is 14.0 Å². The van der Waals surface area contributed by atoms with E-state index in [0.29, 0.717) is 19.5 Å². The van der Waals surface area contributed by atoms with Crippen LogP contribution >= 0.6 is 0 Å². The highest BCUT2D eigenvalue weighted by atomic mass is 19.1. The zero-order valence-electron chi connectivity index (χ0n) is 13.2. The predicted molar refractivity (Wildman–Crippen MR) is 90.0 cm³/mol. The highest BCUT2D eigenvalue weighted by molar-refractivity contribution is 5.95. The summed E-state index contributed by atoms with van der Waals surface area (Å²) in [4.78, 5) is 25.9. The number of carbonyl (C=O) groups is 2. The van der Waals surface area contributed by atoms with Gasteiger partial charge in [-0.05, 0) is 29.8 Å². The second-order valence-electron chi connectivity index (χ2n) is 6.02. The Bertz CT molecular complexity index is 716. The third-order valence-corrected chi connectivity index (χ3v) is 4.14. The topological polar surface area (TPSA) is 49.4 Å². The lowest BCUT2D eigenvalue weighted by atomic mass is 10.1. The van der Waals surface area contributed by atoms with Crippen LogP contribution in [0.25, 0.3) is 0 Å². The molecule has 0 spiro atoms. The normalized spacial score (nSPS) is 17.1. The second kappa shape index (κ2) is 7.25. The van der Waals surface area contributed by atoms with Gasteiger partial charge in [0.1, 0.15) is 5.82 Å². The molecule has 0 radical (unpaired) electrons. The molecule has 2 amide bonds. The van der Waals surface area contributed by atoms with Gasteiger partial charge in [0.2, 0.25) is 11.8 Å². The van der Waals surface area contributed by atoms with Gasteiger partial charge in [0.25, 0.3) is 0 Å². The van der Waals surface area contributed by atoms with Gasteiger partial charge in [0.05, 0.1) is 6.42 Å². The Labute approximate surface area is 140 Å². The van der Waals surface area contributed by atoms with E-state index in [-0.39, 0.29) is 30.0 Å². The van der Waals surface area contributed by atoms with Crippen LogP contribution in [0, 0.1) is 11.7 Å². The monoisotopic (exact) mass is 326 g/mol. The van der Waals surface area contributed by atoms with Crippen molar-refractivity contribution in [3.8, 4) is 0 Å². The number of anilines is 1. The summed E-state index contributed by atoms with van der Waals surface area (Å²) < 4.78 is 12.9. The number of benzene rings is 2. The molecule has 5 heteroatoms. The van der Waals surface area contributed by atoms with Gasteiger partial charge in [-0.3, -0.25) is 9.59 Å². The van der Waals surface area contributed by atoms with Crippen molar-refractivity contribution in [2.24, 2.45) is 5.92 Å². The molecule has 3 rings (SSSR count). The van der Waals surface area contributed by atoms with Crippen LogP contribution in [0.1, 0.15) is 12.0 Å². The first-order valence-electron chi connectivity index (χ1n) is 7.98. The SMILES string of the molecule is O=C(Cc1ccc(F)cc1)NC[C@@H]1CC(=O)N(c2ccccc2)C1. The van der Waals surface area contributed by atoms with Crippen LogP contribution in [0.4, 0.5) is 10.1 Å². The number of carbonyl (C=O) groups excluding carboxylic acids is 2. The molecule has 124 valence electrons. The maximum atomic E-state index is 12.9. The highest BCUT2D eigenvalue weighted by Gasteiger charge is 2.30. The van der Waals surface area contributed by atoms with Crippen LogP contribution in [-0.4, -0.2) is 24.9 Å². The molecule has 0 aromatic heterocycles. The van der Waals surface area contributed by atoms with Gasteiger partial charge in [-0.15, -0.1) is 0 Å². The number of nitrogens with one attached hydrogen (secondary N) is 1. The highest BCUT2D eigenvalue weighted by Crippen LogP contribution is 2.24. The van der Waals surface area contributed by atoms with E-state index < -0.39 is 0 Å². The zero-order valence-corrected chi connectivity index (χ0v) is 13.2. The van der Waals surface area contributed by atoms with E-state index in [9.17, 15) is 14.0 Å². The van der Waals surface area contributed by atoms with E-state index in [4.69, 9.17) is 0 Å². The van der Waals surface area contributed by atoms with Crippen molar-refractivity contribution in [3.05, 3.63) is 66.0 Å². The summed E-state index contributed by atoms with van der Waals surface area (Å²) in [5, 5.41) is 2.87. The third kappa shape index (κ3) is 3.98. The van der Waals surface area contributed by atoms with Crippen molar-refractivity contribution in [3.63, 3.8) is 0 Å². The van der Waals surface area contributed by atoms with E-state index in [0.717, 1.165) is 11.3 Å². The molecular weight excluding hydrogens is 307 g/mol. The number of para-hydroxylation sites is 1. The molecule has 1 heterocycles. The lowest BCUT2D eigenvalue weighted by Gasteiger charge is -2.16. The van der Waals surface area contributed by atoms with Crippen LogP contribution in [0.15, 0.2) is 54.6 Å². The molecule has 0 saturated carbocycles. The molecule has 0 aliphatic carbocycles. The van der Waals surface area contributed by atoms with E-state index >= 15 is 0 Å². The van der Waals surface area contributed by atoms with Gasteiger partial charge < -0.3 is 10.2 Å². The quantitative estimate of drug-likeness (QED) is 0.918. The largest absolute Gasteiger partial charge is 0.355 e. The number of amides is 2. The van der Waals surface area contributed by atoms with Crippen LogP contribution in [0.3, 0.4) is 0 Å². The molecule has 0 bridgehead atoms. The second-order valence-corrected chi connectivity index (χ2v) is 6.02. The molecule has 0 unspecified atom stereocenters. The minimum atomic E-state index is -0.315. The van der Waals surface area contributed by atoms with Gasteiger partial charge in [-0.2, -0.15) is 0 Å². The van der Waals surface area contributed by atoms with E-state index in [1.807, 2.05) is 30.3 Å². The van der Waals surface area contributed by atoms with Gasteiger partial charge >= 0.3 is 0 Å². The van der Waals surface area contributed by atoms with E-state index in [1.165, 1.54) is 12.1 Å². The summed E-state index contributed by atoms with van der Waals surface area (Å²) in [5.41, 5.74) is 1.66. The standard InChI is InChI=1S/C19H19FN2O2/c20-16-8-6-14(7-9-16)10-18(23)21-12-15-11-19(24)22(13-15)17-4-2-1-3-5-17/h1-9,15H,10-13H2,(H,21,23)/t15-/m0/s1. The Balaban J connectivity index is 1.49. The van der Waals surface area contributed by atoms with Crippen molar-refractivity contribution in [1.82, 2.24) is 5.32 Å². The molecule has 1 aliphatic rings. The van der Waals surface area contributed by atoms with Crippen molar-refractivity contribution in [2.75, 3.05) is 18.0 Å². The maximum absolute atomic E-state index is 12.9. The fourth-order valence-electron chi connectivity index (χ4n) is 2.88. The van der Waals surface area contributed by atoms with Crippen molar-refractivity contribution >= 4 is 17.5 Å². The number of hydrogen-bond acceptors (Lipinski definition) is 2. The third-order valence-electron chi connectivity index (χ3n) is 4.14. The van der Waals surface area contributed by atoms with Crippen LogP contribution in [0.2, 0.25) is 0 Å². The molecular formula is C19H19FN2O2. The Morgan fingerprint density at radius 1 is 1.12 bits per heavy atom. The fourth-order valence-corrected chi connectivity index (χ4v) is 2.88. The number of halogens is 1. The molecule has 1 aliphatic heterocycles. The summed E-state index contributed by atoms with van der Waals surface area (Å²) >= 11 is 0. The lowest BCUT2D eigenvalue weighted by molar-refractivity contribution is -0.121. The number of rotatable bonds is 5. The van der Waals surface area contributed by atoms with Crippen molar-refractivity contribution in [2.45, 2.75) is 12.8 Å². The average Bonchev–Trinajstić information content (AvgIpc) is 2.97. The summed E-state index contributed by atoms with van der Waals surface area (Å²) in [6, 6.07) is 15.4. The Morgan fingerprint density at radius 3 is 2.54 bits per heavy atom. The Kier molecular flexibility index (Phi) is 4.89. The minimum Gasteiger partial charge on any atom is -0.355 e. The minimum absolute atomic E-state index is 0.0824. The molecule has 1 N–H and O–H groups in total. The molecule has 4 nitrogen and oxygen atoms in total. The van der Waals surface area contributed by atoms with Gasteiger partial charge in [0, 0.05) is 31.1 Å². The summed E-state index contributed by atoms with van der Waals surface area (Å²) in [6.07, 6.45) is 0.648. The van der Waals surface area contributed by atoms with E-state index in [2.05, 4.69) is 5.32 Å². The predicted octanol–water partition coefficient (Wildman–Crippen LogP) is 2.54. The Morgan fingerprint density at radius 2 is 1.83 bits per heavy atom. The van der Waals surface area contributed by atoms with Gasteiger partial charge in [-0.25, -0.2) is 4.39 Å². The molecule has 1 fully saturated rings. The van der Waals surface area contributed by atoms with Gasteiger partial charge in [0.15, 0.2) is 0 Å². The number of nitrogens with zero attached hydrogens (tertiary/aromatic N) is 1. The molecule has 2 aromatic carbocycles. The average molecular weight is 326 g/mol. The van der Waals surface area contributed by atoms with E-state index in [1.54, 1.807) is 17.0 Å². The Hall–Kier alpha value is -2.69. The summed E-state index contributed by atoms with van der Waals surface area (Å²) in [5.74, 6) is -0.245. The first kappa shape index (κ1) is 16.2. The molecule has 1 atom stereocenters. The first-order chi connectivity index (χ1) is 11.6.